The monoisotopic (exact) mass is 480 g/mol. The summed E-state index contributed by atoms with van der Waals surface area (Å²) in [5.74, 6) is -0.816. The first-order valence-corrected chi connectivity index (χ1v) is 11.1. The number of halogens is 2. The second-order valence-corrected chi connectivity index (χ2v) is 8.80. The van der Waals surface area contributed by atoms with Crippen LogP contribution in [-0.4, -0.2) is 25.6 Å². The molecule has 2 aromatic heterocycles. The van der Waals surface area contributed by atoms with Crippen LogP contribution in [0.5, 0.6) is 0 Å². The minimum Gasteiger partial charge on any atom is -0.477 e. The van der Waals surface area contributed by atoms with Crippen LogP contribution >= 0.6 is 23.2 Å². The van der Waals surface area contributed by atoms with Crippen molar-refractivity contribution in [3.05, 3.63) is 91.9 Å². The summed E-state index contributed by atoms with van der Waals surface area (Å²) < 4.78 is 1.88. The highest BCUT2D eigenvalue weighted by atomic mass is 35.5. The number of hydrogen-bond acceptors (Lipinski definition) is 5. The van der Waals surface area contributed by atoms with Gasteiger partial charge in [-0.3, -0.25) is 4.79 Å². The number of carboxylic acid groups (broad SMARTS) is 1. The van der Waals surface area contributed by atoms with Crippen molar-refractivity contribution in [1.82, 2.24) is 14.5 Å². The largest absolute Gasteiger partial charge is 0.477 e. The van der Waals surface area contributed by atoms with Crippen LogP contribution in [0.1, 0.15) is 40.5 Å². The molecule has 166 valence electrons. The van der Waals surface area contributed by atoms with E-state index in [1.165, 1.54) is 6.20 Å². The Hall–Kier alpha value is -3.42. The number of nitrogens with zero attached hydrogens (tertiary/aromatic N) is 3. The average Bonchev–Trinajstić information content (AvgIpc) is 3.61. The lowest BCUT2D eigenvalue weighted by Gasteiger charge is -2.13. The van der Waals surface area contributed by atoms with Gasteiger partial charge < -0.3 is 15.0 Å². The van der Waals surface area contributed by atoms with E-state index in [9.17, 15) is 14.7 Å². The van der Waals surface area contributed by atoms with Crippen LogP contribution in [0, 0.1) is 0 Å². The van der Waals surface area contributed by atoms with Crippen molar-refractivity contribution in [2.45, 2.75) is 25.3 Å². The number of carbonyl (C=O) groups is 1. The molecule has 5 rings (SSSR count). The number of hydrogen-bond donors (Lipinski definition) is 2. The summed E-state index contributed by atoms with van der Waals surface area (Å²) in [7, 11) is 0. The van der Waals surface area contributed by atoms with Gasteiger partial charge >= 0.3 is 5.97 Å². The van der Waals surface area contributed by atoms with Crippen molar-refractivity contribution in [2.24, 2.45) is 0 Å². The minimum absolute atomic E-state index is 0.199. The number of nitrogens with one attached hydrogen (secondary N) is 1. The SMILES string of the molecule is O=C(O)c1cn(C2CC2)c2cc(Nc3nccc(Cc4ccc(Cl)cc4Cl)n3)ccc2c1=O. The molecule has 2 aromatic carbocycles. The fraction of sp³-hybridized carbons (Fsp3) is 0.167. The zero-order valence-electron chi connectivity index (χ0n) is 17.3. The molecule has 0 atom stereocenters. The lowest BCUT2D eigenvalue weighted by molar-refractivity contribution is 0.0695. The lowest BCUT2D eigenvalue weighted by Crippen LogP contribution is -2.18. The highest BCUT2D eigenvalue weighted by Gasteiger charge is 2.26. The van der Waals surface area contributed by atoms with Gasteiger partial charge in [0.15, 0.2) is 0 Å². The number of rotatable bonds is 6. The fourth-order valence-electron chi connectivity index (χ4n) is 3.78. The van der Waals surface area contributed by atoms with Crippen molar-refractivity contribution in [1.29, 1.82) is 0 Å². The van der Waals surface area contributed by atoms with E-state index in [0.29, 0.717) is 39.0 Å². The first-order chi connectivity index (χ1) is 15.9. The summed E-state index contributed by atoms with van der Waals surface area (Å²) >= 11 is 12.3. The third-order valence-corrected chi connectivity index (χ3v) is 6.15. The number of fused-ring (bicyclic) bond motifs is 1. The Kier molecular flexibility index (Phi) is 5.52. The van der Waals surface area contributed by atoms with Gasteiger partial charge in [-0.05, 0) is 54.8 Å². The molecule has 1 fully saturated rings. The number of pyridine rings is 1. The van der Waals surface area contributed by atoms with Gasteiger partial charge in [-0.2, -0.15) is 0 Å². The quantitative estimate of drug-likeness (QED) is 0.379. The summed E-state index contributed by atoms with van der Waals surface area (Å²) in [6, 6.07) is 12.6. The third-order valence-electron chi connectivity index (χ3n) is 5.56. The molecule has 1 aliphatic carbocycles. The number of aromatic nitrogens is 3. The maximum Gasteiger partial charge on any atom is 0.341 e. The molecule has 0 spiro atoms. The van der Waals surface area contributed by atoms with Gasteiger partial charge in [0.1, 0.15) is 5.56 Å². The highest BCUT2D eigenvalue weighted by molar-refractivity contribution is 6.35. The summed E-state index contributed by atoms with van der Waals surface area (Å²) in [4.78, 5) is 33.0. The predicted molar refractivity (Wildman–Crippen MR) is 128 cm³/mol. The fourth-order valence-corrected chi connectivity index (χ4v) is 4.25. The molecule has 1 saturated carbocycles. The maximum absolute atomic E-state index is 12.6. The van der Waals surface area contributed by atoms with Crippen LogP contribution in [-0.2, 0) is 6.42 Å². The Labute approximate surface area is 198 Å². The normalized spacial score (nSPS) is 13.3. The third kappa shape index (κ3) is 4.42. The lowest BCUT2D eigenvalue weighted by atomic mass is 10.1. The standard InChI is InChI=1S/C24H18Cl2N4O3/c25-14-2-1-13(20(26)10-14)9-16-7-8-27-24(29-16)28-15-3-6-18-21(11-15)30(17-4-5-17)12-19(22(18)31)23(32)33/h1-3,6-8,10-12,17H,4-5,9H2,(H,32,33)(H,27,28,29). The van der Waals surface area contributed by atoms with Crippen LogP contribution in [0.3, 0.4) is 0 Å². The molecule has 0 saturated heterocycles. The molecule has 9 heteroatoms. The van der Waals surface area contributed by atoms with Crippen molar-refractivity contribution >= 4 is 51.7 Å². The van der Waals surface area contributed by atoms with Gasteiger partial charge in [0.2, 0.25) is 11.4 Å². The molecular formula is C24H18Cl2N4O3. The second-order valence-electron chi connectivity index (χ2n) is 7.96. The smallest absolute Gasteiger partial charge is 0.341 e. The van der Waals surface area contributed by atoms with Gasteiger partial charge in [-0.25, -0.2) is 14.8 Å². The molecule has 1 aliphatic rings. The molecule has 0 aliphatic heterocycles. The molecule has 33 heavy (non-hydrogen) atoms. The molecule has 0 bridgehead atoms. The van der Waals surface area contributed by atoms with E-state index < -0.39 is 11.4 Å². The highest BCUT2D eigenvalue weighted by Crippen LogP contribution is 2.37. The molecule has 2 N–H and O–H groups in total. The minimum atomic E-state index is -1.22. The first kappa shape index (κ1) is 21.4. The van der Waals surface area contributed by atoms with Crippen LogP contribution in [0.15, 0.2) is 59.7 Å². The van der Waals surface area contributed by atoms with Crippen LogP contribution in [0.2, 0.25) is 10.0 Å². The zero-order valence-corrected chi connectivity index (χ0v) is 18.8. The maximum atomic E-state index is 12.6. The van der Waals surface area contributed by atoms with E-state index >= 15 is 0 Å². The average molecular weight is 481 g/mol. The van der Waals surface area contributed by atoms with E-state index in [0.717, 1.165) is 24.1 Å². The molecule has 0 amide bonds. The summed E-state index contributed by atoms with van der Waals surface area (Å²) in [6.07, 6.45) is 5.53. The Morgan fingerprint density at radius 1 is 1.15 bits per heavy atom. The van der Waals surface area contributed by atoms with Crippen LogP contribution < -0.4 is 10.7 Å². The van der Waals surface area contributed by atoms with E-state index in [1.807, 2.05) is 22.8 Å². The van der Waals surface area contributed by atoms with E-state index in [2.05, 4.69) is 15.3 Å². The zero-order chi connectivity index (χ0) is 23.1. The van der Waals surface area contributed by atoms with E-state index in [1.54, 1.807) is 30.5 Å². The van der Waals surface area contributed by atoms with E-state index in [-0.39, 0.29) is 11.6 Å². The first-order valence-electron chi connectivity index (χ1n) is 10.3. The molecule has 0 unspecified atom stereocenters. The van der Waals surface area contributed by atoms with Gasteiger partial charge in [-0.1, -0.05) is 29.3 Å². The van der Waals surface area contributed by atoms with E-state index in [4.69, 9.17) is 23.2 Å². The molecule has 2 heterocycles. The number of aromatic carboxylic acids is 1. The number of carboxylic acids is 1. The Morgan fingerprint density at radius 2 is 1.97 bits per heavy atom. The molecule has 0 radical (unpaired) electrons. The van der Waals surface area contributed by atoms with Crippen LogP contribution in [0.25, 0.3) is 10.9 Å². The predicted octanol–water partition coefficient (Wildman–Crippen LogP) is 5.47. The van der Waals surface area contributed by atoms with Crippen LogP contribution in [0.4, 0.5) is 11.6 Å². The number of benzene rings is 2. The molecule has 4 aromatic rings. The van der Waals surface area contributed by atoms with Crippen molar-refractivity contribution in [3.63, 3.8) is 0 Å². The molecular weight excluding hydrogens is 463 g/mol. The Morgan fingerprint density at radius 3 is 2.70 bits per heavy atom. The van der Waals surface area contributed by atoms with Crippen molar-refractivity contribution in [3.8, 4) is 0 Å². The van der Waals surface area contributed by atoms with Gasteiger partial charge in [0.05, 0.1) is 11.2 Å². The van der Waals surface area contributed by atoms with Crippen molar-refractivity contribution < 1.29 is 9.90 Å². The van der Waals surface area contributed by atoms with Gasteiger partial charge in [0.25, 0.3) is 0 Å². The molecule has 7 nitrogen and oxygen atoms in total. The van der Waals surface area contributed by atoms with Gasteiger partial charge in [0, 0.05) is 46.0 Å². The second kappa shape index (κ2) is 8.50. The van der Waals surface area contributed by atoms with Gasteiger partial charge in [-0.15, -0.1) is 0 Å². The summed E-state index contributed by atoms with van der Waals surface area (Å²) in [5.41, 5.74) is 2.35. The summed E-state index contributed by atoms with van der Waals surface area (Å²) in [6.45, 7) is 0. The Balaban J connectivity index is 1.46. The Bertz CT molecular complexity index is 1460. The number of anilines is 2. The summed E-state index contributed by atoms with van der Waals surface area (Å²) in [5, 5.41) is 14.1. The van der Waals surface area contributed by atoms with Crippen molar-refractivity contribution in [2.75, 3.05) is 5.32 Å². The topological polar surface area (TPSA) is 97.1 Å².